The second-order valence-electron chi connectivity index (χ2n) is 7.80. The van der Waals surface area contributed by atoms with Crippen LogP contribution in [0.5, 0.6) is 0 Å². The number of carbonyl (C=O) groups excluding carboxylic acids is 1. The first-order valence-corrected chi connectivity index (χ1v) is 10.2. The number of likely N-dealkylation sites (tertiary alicyclic amines) is 1. The number of nitriles is 1. The number of sulfone groups is 1. The van der Waals surface area contributed by atoms with Crippen molar-refractivity contribution < 1.29 is 13.2 Å². The summed E-state index contributed by atoms with van der Waals surface area (Å²) in [5.74, 6) is -0.231. The molecule has 1 saturated heterocycles. The smallest absolute Gasteiger partial charge is 0.247 e. The highest BCUT2D eigenvalue weighted by atomic mass is 32.2. The quantitative estimate of drug-likeness (QED) is 0.831. The molecule has 1 N–H and O–H groups in total. The molecule has 1 aromatic carbocycles. The molecule has 0 radical (unpaired) electrons. The minimum absolute atomic E-state index is 0.0772. The lowest BCUT2D eigenvalue weighted by atomic mass is 9.87. The van der Waals surface area contributed by atoms with Gasteiger partial charge in [-0.1, -0.05) is 20.8 Å². The fraction of sp³-hybridized carbons (Fsp3) is 0.556. The molecule has 2 rings (SSSR count). The Balaban J connectivity index is 2.07. The van der Waals surface area contributed by atoms with Crippen LogP contribution in [0.2, 0.25) is 0 Å². The first-order valence-electron chi connectivity index (χ1n) is 8.30. The molecule has 2 unspecified atom stereocenters. The highest BCUT2D eigenvalue weighted by Crippen LogP contribution is 2.33. The molecule has 7 heteroatoms. The average molecular weight is 363 g/mol. The topological polar surface area (TPSA) is 90.3 Å². The van der Waals surface area contributed by atoms with Crippen LogP contribution in [0.3, 0.4) is 0 Å². The zero-order chi connectivity index (χ0) is 18.8. The van der Waals surface area contributed by atoms with Crippen LogP contribution < -0.4 is 5.32 Å². The second kappa shape index (κ2) is 7.04. The van der Waals surface area contributed by atoms with Crippen LogP contribution in [0.1, 0.15) is 40.0 Å². The third kappa shape index (κ3) is 4.95. The number of hydrogen-bond acceptors (Lipinski definition) is 5. The predicted octanol–water partition coefficient (Wildman–Crippen LogP) is 2.78. The summed E-state index contributed by atoms with van der Waals surface area (Å²) in [6.07, 6.45) is 5.62. The lowest BCUT2D eigenvalue weighted by Crippen LogP contribution is -2.41. The molecule has 25 heavy (non-hydrogen) atoms. The second-order valence-corrected chi connectivity index (χ2v) is 9.82. The molecule has 0 aliphatic carbocycles. The van der Waals surface area contributed by atoms with Crippen LogP contribution in [0.15, 0.2) is 29.2 Å². The van der Waals surface area contributed by atoms with Gasteiger partial charge in [-0.15, -0.1) is 0 Å². The highest BCUT2D eigenvalue weighted by molar-refractivity contribution is 7.90. The van der Waals surface area contributed by atoms with E-state index in [1.165, 1.54) is 12.1 Å². The molecule has 1 aliphatic rings. The fourth-order valence-electron chi connectivity index (χ4n) is 3.21. The number of amides is 1. The van der Waals surface area contributed by atoms with Crippen LogP contribution in [0.4, 0.5) is 5.69 Å². The van der Waals surface area contributed by atoms with E-state index in [0.717, 1.165) is 19.1 Å². The molecule has 1 aliphatic heterocycles. The van der Waals surface area contributed by atoms with Gasteiger partial charge >= 0.3 is 0 Å². The van der Waals surface area contributed by atoms with Crippen LogP contribution in [-0.2, 0) is 14.6 Å². The zero-order valence-corrected chi connectivity index (χ0v) is 15.9. The van der Waals surface area contributed by atoms with Gasteiger partial charge in [0.05, 0.1) is 4.90 Å². The number of carbonyl (C=O) groups is 1. The Kier molecular flexibility index (Phi) is 5.43. The van der Waals surface area contributed by atoms with Gasteiger partial charge in [0.2, 0.25) is 5.91 Å². The Morgan fingerprint density at radius 3 is 2.36 bits per heavy atom. The third-order valence-corrected chi connectivity index (χ3v) is 5.45. The highest BCUT2D eigenvalue weighted by Gasteiger charge is 2.38. The summed E-state index contributed by atoms with van der Waals surface area (Å²) < 4.78 is 23.0. The lowest BCUT2D eigenvalue weighted by Gasteiger charge is -2.29. The molecule has 1 amide bonds. The Labute approximate surface area is 149 Å². The third-order valence-electron chi connectivity index (χ3n) is 4.32. The van der Waals surface area contributed by atoms with E-state index in [4.69, 9.17) is 0 Å². The van der Waals surface area contributed by atoms with Gasteiger partial charge < -0.3 is 5.32 Å². The van der Waals surface area contributed by atoms with Gasteiger partial charge in [-0.2, -0.15) is 5.26 Å². The van der Waals surface area contributed by atoms with E-state index in [2.05, 4.69) is 32.3 Å². The molecule has 2 atom stereocenters. The number of nitrogens with one attached hydrogen (secondary N) is 1. The van der Waals surface area contributed by atoms with Crippen molar-refractivity contribution in [3.8, 4) is 6.19 Å². The van der Waals surface area contributed by atoms with Crippen molar-refractivity contribution in [3.05, 3.63) is 24.3 Å². The molecule has 0 saturated carbocycles. The number of benzene rings is 1. The van der Waals surface area contributed by atoms with E-state index < -0.39 is 15.9 Å². The monoisotopic (exact) mass is 363 g/mol. The number of hydrogen-bond donors (Lipinski definition) is 1. The minimum atomic E-state index is -3.27. The Morgan fingerprint density at radius 1 is 1.28 bits per heavy atom. The van der Waals surface area contributed by atoms with Crippen molar-refractivity contribution in [2.45, 2.75) is 57.0 Å². The summed E-state index contributed by atoms with van der Waals surface area (Å²) in [4.78, 5) is 14.4. The van der Waals surface area contributed by atoms with E-state index >= 15 is 0 Å². The fourth-order valence-corrected chi connectivity index (χ4v) is 3.84. The zero-order valence-electron chi connectivity index (χ0n) is 15.1. The molecule has 1 aromatic rings. The Morgan fingerprint density at radius 2 is 1.88 bits per heavy atom. The van der Waals surface area contributed by atoms with Crippen molar-refractivity contribution in [3.63, 3.8) is 0 Å². The van der Waals surface area contributed by atoms with E-state index in [-0.39, 0.29) is 22.3 Å². The van der Waals surface area contributed by atoms with Gasteiger partial charge in [0, 0.05) is 18.0 Å². The summed E-state index contributed by atoms with van der Waals surface area (Å²) in [6.45, 7) is 6.37. The minimum Gasteiger partial charge on any atom is -0.324 e. The maximum Gasteiger partial charge on any atom is 0.247 e. The summed E-state index contributed by atoms with van der Waals surface area (Å²) >= 11 is 0. The molecular formula is C18H25N3O3S. The number of nitrogens with zero attached hydrogens (tertiary/aromatic N) is 2. The van der Waals surface area contributed by atoms with Gasteiger partial charge in [-0.05, 0) is 48.9 Å². The predicted molar refractivity (Wildman–Crippen MR) is 96.5 cm³/mol. The normalized spacial score (nSPS) is 21.0. The first kappa shape index (κ1) is 19.3. The molecule has 1 fully saturated rings. The van der Waals surface area contributed by atoms with Crippen molar-refractivity contribution in [2.24, 2.45) is 5.41 Å². The van der Waals surface area contributed by atoms with Crippen LogP contribution >= 0.6 is 0 Å². The molecular weight excluding hydrogens is 338 g/mol. The average Bonchev–Trinajstić information content (AvgIpc) is 2.87. The molecule has 6 nitrogen and oxygen atoms in total. The lowest BCUT2D eigenvalue weighted by molar-refractivity contribution is -0.119. The molecule has 1 heterocycles. The van der Waals surface area contributed by atoms with E-state index in [1.54, 1.807) is 17.0 Å². The van der Waals surface area contributed by atoms with Crippen molar-refractivity contribution >= 4 is 21.4 Å². The van der Waals surface area contributed by atoms with E-state index in [9.17, 15) is 18.5 Å². The van der Waals surface area contributed by atoms with Crippen LogP contribution in [0, 0.1) is 16.9 Å². The first-order chi connectivity index (χ1) is 11.5. The Bertz CT molecular complexity index is 773. The van der Waals surface area contributed by atoms with Gasteiger partial charge in [-0.3, -0.25) is 9.69 Å². The van der Waals surface area contributed by atoms with Crippen LogP contribution in [0.25, 0.3) is 0 Å². The molecule has 136 valence electrons. The van der Waals surface area contributed by atoms with E-state index in [1.807, 2.05) is 0 Å². The summed E-state index contributed by atoms with van der Waals surface area (Å²) in [7, 11) is -3.27. The maximum atomic E-state index is 12.6. The van der Waals surface area contributed by atoms with Crippen LogP contribution in [-0.4, -0.2) is 37.6 Å². The number of rotatable bonds is 4. The van der Waals surface area contributed by atoms with Gasteiger partial charge in [0.15, 0.2) is 16.0 Å². The van der Waals surface area contributed by atoms with Gasteiger partial charge in [0.25, 0.3) is 0 Å². The van der Waals surface area contributed by atoms with E-state index in [0.29, 0.717) is 12.1 Å². The largest absolute Gasteiger partial charge is 0.324 e. The van der Waals surface area contributed by atoms with Crippen molar-refractivity contribution in [2.75, 3.05) is 11.6 Å². The summed E-state index contributed by atoms with van der Waals surface area (Å²) in [5, 5.41) is 12.3. The van der Waals surface area contributed by atoms with Crippen molar-refractivity contribution in [1.82, 2.24) is 4.90 Å². The number of anilines is 1. The van der Waals surface area contributed by atoms with Gasteiger partial charge in [0.1, 0.15) is 6.04 Å². The van der Waals surface area contributed by atoms with Crippen molar-refractivity contribution in [1.29, 1.82) is 5.26 Å². The summed E-state index contributed by atoms with van der Waals surface area (Å²) in [6, 6.07) is 5.65. The molecule has 0 aromatic heterocycles. The molecule has 0 spiro atoms. The summed E-state index contributed by atoms with van der Waals surface area (Å²) in [5.41, 5.74) is 0.613. The maximum absolute atomic E-state index is 12.6. The Hall–Kier alpha value is -2.07. The van der Waals surface area contributed by atoms with Gasteiger partial charge in [-0.25, -0.2) is 8.42 Å². The standard InChI is InChI=1S/C18H25N3O3S/c1-18(2,3)11-14-7-10-16(21(14)12-19)17(22)20-13-5-8-15(9-6-13)25(4,23)24/h5-6,8-9,14,16H,7,10-11H2,1-4H3,(H,20,22). The SMILES string of the molecule is CC(C)(C)CC1CCC(C(=O)Nc2ccc(S(C)(=O)=O)cc2)N1C#N. The molecule has 0 bridgehead atoms.